The number of hydrogen-bond acceptors (Lipinski definition) is 4. The first kappa shape index (κ1) is 17.7. The Balaban J connectivity index is 1.66. The van der Waals surface area contributed by atoms with Crippen LogP contribution >= 0.6 is 0 Å². The van der Waals surface area contributed by atoms with Crippen molar-refractivity contribution in [3.8, 4) is 11.5 Å². The Morgan fingerprint density at radius 3 is 2.88 bits per heavy atom. The summed E-state index contributed by atoms with van der Waals surface area (Å²) in [6, 6.07) is 7.37. The number of carbonyl (C=O) groups excluding carboxylic acids is 1. The maximum Gasteiger partial charge on any atom is 0.319 e. The molecule has 3 N–H and O–H groups in total. The largest absolute Gasteiger partial charge is 0.453 e. The average Bonchev–Trinajstić information content (AvgIpc) is 3.06. The molecular formula is C18H20FN5O2. The van der Waals surface area contributed by atoms with Gasteiger partial charge in [0.05, 0.1) is 5.39 Å². The summed E-state index contributed by atoms with van der Waals surface area (Å²) in [6.45, 7) is 1.21. The van der Waals surface area contributed by atoms with Gasteiger partial charge in [-0.1, -0.05) is 0 Å². The number of aromatic nitrogens is 2. The summed E-state index contributed by atoms with van der Waals surface area (Å²) in [6.07, 6.45) is 3.32. The standard InChI is InChI=1S/C18H20FN5O2/c1-24(2)10-9-22-18(25)23-12-3-4-16(14(19)11-12)26-15-6-8-21-17-13(15)5-7-20-17/h3-8,11H,9-10H2,1-2H3,(H,20,21)(H2,22,23,25). The number of carbonyl (C=O) groups is 1. The summed E-state index contributed by atoms with van der Waals surface area (Å²) < 4.78 is 20.0. The summed E-state index contributed by atoms with van der Waals surface area (Å²) >= 11 is 0. The van der Waals surface area contributed by atoms with Crippen LogP contribution in [0.1, 0.15) is 0 Å². The average molecular weight is 357 g/mol. The van der Waals surface area contributed by atoms with Gasteiger partial charge in [-0.05, 0) is 38.4 Å². The van der Waals surface area contributed by atoms with Crippen LogP contribution in [0.3, 0.4) is 0 Å². The second kappa shape index (κ2) is 7.83. The molecule has 3 aromatic rings. The highest BCUT2D eigenvalue weighted by molar-refractivity contribution is 5.89. The van der Waals surface area contributed by atoms with Crippen LogP contribution in [0.15, 0.2) is 42.7 Å². The molecule has 0 bridgehead atoms. The maximum atomic E-state index is 14.3. The number of halogens is 1. The van der Waals surface area contributed by atoms with Crippen molar-refractivity contribution in [1.29, 1.82) is 0 Å². The number of urea groups is 1. The van der Waals surface area contributed by atoms with Gasteiger partial charge in [0.25, 0.3) is 0 Å². The molecule has 0 radical (unpaired) electrons. The van der Waals surface area contributed by atoms with E-state index in [1.807, 2.05) is 25.1 Å². The monoisotopic (exact) mass is 357 g/mol. The number of benzene rings is 1. The number of hydrogen-bond donors (Lipinski definition) is 3. The second-order valence-corrected chi connectivity index (χ2v) is 5.98. The van der Waals surface area contributed by atoms with Gasteiger partial charge in [-0.15, -0.1) is 0 Å². The molecule has 0 saturated heterocycles. The van der Waals surface area contributed by atoms with Crippen molar-refractivity contribution >= 4 is 22.8 Å². The number of nitrogens with one attached hydrogen (secondary N) is 3. The molecule has 0 aliphatic carbocycles. The molecule has 0 atom stereocenters. The first-order chi connectivity index (χ1) is 12.5. The van der Waals surface area contributed by atoms with Crippen molar-refractivity contribution in [1.82, 2.24) is 20.2 Å². The Labute approximate surface area is 150 Å². The number of amides is 2. The van der Waals surface area contributed by atoms with Crippen molar-refractivity contribution in [3.63, 3.8) is 0 Å². The van der Waals surface area contributed by atoms with E-state index in [1.165, 1.54) is 12.1 Å². The highest BCUT2D eigenvalue weighted by Gasteiger charge is 2.11. The number of nitrogens with zero attached hydrogens (tertiary/aromatic N) is 2. The van der Waals surface area contributed by atoms with Crippen molar-refractivity contribution in [2.75, 3.05) is 32.5 Å². The fraction of sp³-hybridized carbons (Fsp3) is 0.222. The maximum absolute atomic E-state index is 14.3. The minimum atomic E-state index is -0.573. The molecule has 0 saturated carbocycles. The van der Waals surface area contributed by atoms with E-state index in [9.17, 15) is 9.18 Å². The smallest absolute Gasteiger partial charge is 0.319 e. The van der Waals surface area contributed by atoms with Gasteiger partial charge in [-0.3, -0.25) is 0 Å². The van der Waals surface area contributed by atoms with E-state index in [2.05, 4.69) is 20.6 Å². The Hall–Kier alpha value is -3.13. The van der Waals surface area contributed by atoms with Gasteiger partial charge in [0.15, 0.2) is 11.6 Å². The molecule has 2 amide bonds. The summed E-state index contributed by atoms with van der Waals surface area (Å²) in [7, 11) is 3.83. The molecule has 0 aliphatic heterocycles. The molecular weight excluding hydrogens is 337 g/mol. The van der Waals surface area contributed by atoms with E-state index in [0.29, 0.717) is 30.2 Å². The number of H-pyrrole nitrogens is 1. The molecule has 136 valence electrons. The van der Waals surface area contributed by atoms with Gasteiger partial charge < -0.3 is 25.3 Å². The number of anilines is 1. The zero-order valence-electron chi connectivity index (χ0n) is 14.5. The molecule has 0 spiro atoms. The predicted molar refractivity (Wildman–Crippen MR) is 98.1 cm³/mol. The summed E-state index contributed by atoms with van der Waals surface area (Å²) in [5.74, 6) is -0.00820. The number of likely N-dealkylation sites (N-methyl/N-ethyl adjacent to an activating group) is 1. The Bertz CT molecular complexity index is 909. The number of ether oxygens (including phenoxy) is 1. The number of fused-ring (bicyclic) bond motifs is 1. The van der Waals surface area contributed by atoms with Crippen LogP contribution < -0.4 is 15.4 Å². The third-order valence-electron chi connectivity index (χ3n) is 3.67. The molecule has 0 unspecified atom stereocenters. The molecule has 0 aliphatic rings. The van der Waals surface area contributed by atoms with Crippen LogP contribution in [-0.2, 0) is 0 Å². The molecule has 7 nitrogen and oxygen atoms in total. The fourth-order valence-electron chi connectivity index (χ4n) is 2.37. The van der Waals surface area contributed by atoms with Crippen LogP contribution in [0, 0.1) is 5.82 Å². The molecule has 2 aromatic heterocycles. The lowest BCUT2D eigenvalue weighted by Crippen LogP contribution is -2.34. The molecule has 3 rings (SSSR count). The van der Waals surface area contributed by atoms with Crippen molar-refractivity contribution in [3.05, 3.63) is 48.5 Å². The SMILES string of the molecule is CN(C)CCNC(=O)Nc1ccc(Oc2ccnc3[nH]ccc23)c(F)c1. The van der Waals surface area contributed by atoms with Gasteiger partial charge in [0.1, 0.15) is 11.4 Å². The lowest BCUT2D eigenvalue weighted by molar-refractivity contribution is 0.250. The Morgan fingerprint density at radius 2 is 2.12 bits per heavy atom. The van der Waals surface area contributed by atoms with E-state index in [1.54, 1.807) is 24.5 Å². The van der Waals surface area contributed by atoms with Gasteiger partial charge in [-0.25, -0.2) is 14.2 Å². The summed E-state index contributed by atoms with van der Waals surface area (Å²) in [4.78, 5) is 20.9. The van der Waals surface area contributed by atoms with E-state index in [4.69, 9.17) is 4.74 Å². The Morgan fingerprint density at radius 1 is 1.27 bits per heavy atom. The van der Waals surface area contributed by atoms with Crippen molar-refractivity contribution < 1.29 is 13.9 Å². The quantitative estimate of drug-likeness (QED) is 0.633. The number of pyridine rings is 1. The van der Waals surface area contributed by atoms with E-state index in [0.717, 1.165) is 5.39 Å². The molecule has 26 heavy (non-hydrogen) atoms. The van der Waals surface area contributed by atoms with Crippen LogP contribution in [0.25, 0.3) is 11.0 Å². The van der Waals surface area contributed by atoms with Crippen LogP contribution in [0.5, 0.6) is 11.5 Å². The number of aromatic amines is 1. The lowest BCUT2D eigenvalue weighted by Gasteiger charge is -2.12. The highest BCUT2D eigenvalue weighted by Crippen LogP contribution is 2.30. The van der Waals surface area contributed by atoms with Crippen LogP contribution in [0.4, 0.5) is 14.9 Å². The zero-order valence-corrected chi connectivity index (χ0v) is 14.5. The summed E-state index contributed by atoms with van der Waals surface area (Å²) in [5, 5.41) is 6.05. The molecule has 1 aromatic carbocycles. The van der Waals surface area contributed by atoms with E-state index in [-0.39, 0.29) is 11.8 Å². The Kier molecular flexibility index (Phi) is 5.33. The van der Waals surface area contributed by atoms with Crippen LogP contribution in [-0.4, -0.2) is 48.1 Å². The number of rotatable bonds is 6. The molecule has 0 fully saturated rings. The van der Waals surface area contributed by atoms with Gasteiger partial charge in [0.2, 0.25) is 0 Å². The minimum absolute atomic E-state index is 0.0669. The summed E-state index contributed by atoms with van der Waals surface area (Å²) in [5.41, 5.74) is 1.01. The first-order valence-electron chi connectivity index (χ1n) is 8.12. The van der Waals surface area contributed by atoms with Gasteiger partial charge in [0, 0.05) is 37.2 Å². The molecule has 8 heteroatoms. The third-order valence-corrected chi connectivity index (χ3v) is 3.67. The van der Waals surface area contributed by atoms with E-state index < -0.39 is 5.82 Å². The molecule has 2 heterocycles. The second-order valence-electron chi connectivity index (χ2n) is 5.98. The lowest BCUT2D eigenvalue weighted by atomic mass is 10.2. The third kappa shape index (κ3) is 4.28. The highest BCUT2D eigenvalue weighted by atomic mass is 19.1. The van der Waals surface area contributed by atoms with Gasteiger partial charge in [-0.2, -0.15) is 0 Å². The normalized spacial score (nSPS) is 10.9. The van der Waals surface area contributed by atoms with Gasteiger partial charge >= 0.3 is 6.03 Å². The fourth-order valence-corrected chi connectivity index (χ4v) is 2.37. The topological polar surface area (TPSA) is 82.3 Å². The minimum Gasteiger partial charge on any atom is -0.453 e. The first-order valence-corrected chi connectivity index (χ1v) is 8.12. The van der Waals surface area contributed by atoms with Crippen molar-refractivity contribution in [2.45, 2.75) is 0 Å². The predicted octanol–water partition coefficient (Wildman–Crippen LogP) is 3.18. The van der Waals surface area contributed by atoms with E-state index >= 15 is 0 Å². The zero-order chi connectivity index (χ0) is 18.5. The van der Waals surface area contributed by atoms with Crippen molar-refractivity contribution in [2.24, 2.45) is 0 Å². The van der Waals surface area contributed by atoms with Crippen LogP contribution in [0.2, 0.25) is 0 Å².